The molecule has 8 nitrogen and oxygen atoms in total. The topological polar surface area (TPSA) is 89.1 Å². The fraction of sp³-hybridized carbons (Fsp3) is 0.667. The molecule has 1 saturated carbocycles. The quantitative estimate of drug-likeness (QED) is 0.587. The third-order valence-electron chi connectivity index (χ3n) is 6.40. The molecule has 3 amide bonds. The molecule has 2 N–H and O–H groups in total. The SMILES string of the molecule is COc1cc(NC(=O)NCCO[C@@H]2CCCC[C@@H]2C)c(C(=O)N2CCCCC2)cc1OC. The molecular weight excluding hydrogens is 410 g/mol. The number of hydrogen-bond acceptors (Lipinski definition) is 5. The van der Waals surface area contributed by atoms with Crippen LogP contribution in [0, 0.1) is 5.92 Å². The van der Waals surface area contributed by atoms with Crippen molar-refractivity contribution in [3.05, 3.63) is 17.7 Å². The van der Waals surface area contributed by atoms with E-state index in [1.165, 1.54) is 33.5 Å². The number of hydrogen-bond donors (Lipinski definition) is 2. The number of carbonyl (C=O) groups is 2. The second kappa shape index (κ2) is 11.9. The number of carbonyl (C=O) groups excluding carboxylic acids is 2. The molecule has 32 heavy (non-hydrogen) atoms. The summed E-state index contributed by atoms with van der Waals surface area (Å²) in [5.74, 6) is 1.35. The van der Waals surface area contributed by atoms with E-state index in [0.29, 0.717) is 41.8 Å². The molecule has 178 valence electrons. The maximum Gasteiger partial charge on any atom is 0.319 e. The number of ether oxygens (including phenoxy) is 3. The first-order valence-corrected chi connectivity index (χ1v) is 11.7. The van der Waals surface area contributed by atoms with Crippen molar-refractivity contribution in [3.8, 4) is 11.5 Å². The van der Waals surface area contributed by atoms with Crippen molar-refractivity contribution in [2.24, 2.45) is 5.92 Å². The summed E-state index contributed by atoms with van der Waals surface area (Å²) in [7, 11) is 3.05. The van der Waals surface area contributed by atoms with Gasteiger partial charge in [-0.05, 0) is 44.1 Å². The standard InChI is InChI=1S/C24H37N3O5/c1-17-9-5-6-10-20(17)32-14-11-25-24(29)26-19-16-22(31-3)21(30-2)15-18(19)23(28)27-12-7-4-8-13-27/h15-17,20H,4-14H2,1-3H3,(H2,25,26,29)/t17-,20+/m0/s1. The Labute approximate surface area is 191 Å². The third-order valence-corrected chi connectivity index (χ3v) is 6.40. The Kier molecular flexibility index (Phi) is 9.02. The number of nitrogens with one attached hydrogen (secondary N) is 2. The predicted molar refractivity (Wildman–Crippen MR) is 124 cm³/mol. The van der Waals surface area contributed by atoms with Crippen LogP contribution in [0.3, 0.4) is 0 Å². The molecule has 0 bridgehead atoms. The summed E-state index contributed by atoms with van der Waals surface area (Å²) < 4.78 is 16.7. The molecule has 0 spiro atoms. The maximum absolute atomic E-state index is 13.2. The minimum atomic E-state index is -0.384. The van der Waals surface area contributed by atoms with Crippen LogP contribution in [0.1, 0.15) is 62.2 Å². The first kappa shape index (κ1) is 24.2. The second-order valence-electron chi connectivity index (χ2n) is 8.66. The van der Waals surface area contributed by atoms with Gasteiger partial charge in [0.2, 0.25) is 0 Å². The fourth-order valence-electron chi connectivity index (χ4n) is 4.50. The van der Waals surface area contributed by atoms with Crippen LogP contribution in [0.5, 0.6) is 11.5 Å². The molecule has 0 unspecified atom stereocenters. The third kappa shape index (κ3) is 6.28. The highest BCUT2D eigenvalue weighted by Gasteiger charge is 2.24. The molecule has 1 heterocycles. The van der Waals surface area contributed by atoms with Crippen LogP contribution in [0.2, 0.25) is 0 Å². The van der Waals surface area contributed by atoms with E-state index in [4.69, 9.17) is 14.2 Å². The highest BCUT2D eigenvalue weighted by atomic mass is 16.5. The number of urea groups is 1. The van der Waals surface area contributed by atoms with Crippen molar-refractivity contribution in [1.29, 1.82) is 0 Å². The number of likely N-dealkylation sites (tertiary alicyclic amines) is 1. The Morgan fingerprint density at radius 2 is 1.69 bits per heavy atom. The molecule has 1 aliphatic heterocycles. The lowest BCUT2D eigenvalue weighted by atomic mass is 9.88. The lowest BCUT2D eigenvalue weighted by molar-refractivity contribution is -0.00232. The number of anilines is 1. The number of amides is 3. The molecule has 0 radical (unpaired) electrons. The van der Waals surface area contributed by atoms with E-state index < -0.39 is 0 Å². The van der Waals surface area contributed by atoms with Gasteiger partial charge in [-0.15, -0.1) is 0 Å². The Hall–Kier alpha value is -2.48. The van der Waals surface area contributed by atoms with Crippen LogP contribution in [0.15, 0.2) is 12.1 Å². The molecule has 2 fully saturated rings. The van der Waals surface area contributed by atoms with Crippen LogP contribution in [-0.4, -0.2) is 63.4 Å². The smallest absolute Gasteiger partial charge is 0.319 e. The van der Waals surface area contributed by atoms with Crippen molar-refractivity contribution >= 4 is 17.6 Å². The molecule has 1 aromatic carbocycles. The number of methoxy groups -OCH3 is 2. The first-order chi connectivity index (χ1) is 15.5. The van der Waals surface area contributed by atoms with Crippen LogP contribution < -0.4 is 20.1 Å². The first-order valence-electron chi connectivity index (χ1n) is 11.7. The highest BCUT2D eigenvalue weighted by molar-refractivity contribution is 6.04. The summed E-state index contributed by atoms with van der Waals surface area (Å²) in [5.41, 5.74) is 0.796. The van der Waals surface area contributed by atoms with Crippen LogP contribution in [0.25, 0.3) is 0 Å². The number of piperidine rings is 1. The van der Waals surface area contributed by atoms with E-state index in [9.17, 15) is 9.59 Å². The second-order valence-corrected chi connectivity index (χ2v) is 8.66. The maximum atomic E-state index is 13.2. The minimum Gasteiger partial charge on any atom is -0.493 e. The lowest BCUT2D eigenvalue weighted by Crippen LogP contribution is -2.37. The van der Waals surface area contributed by atoms with Gasteiger partial charge in [-0.3, -0.25) is 4.79 Å². The van der Waals surface area contributed by atoms with Gasteiger partial charge in [-0.2, -0.15) is 0 Å². The van der Waals surface area contributed by atoms with Gasteiger partial charge in [0.05, 0.1) is 38.2 Å². The summed E-state index contributed by atoms with van der Waals surface area (Å²) in [6.07, 6.45) is 8.14. The average molecular weight is 448 g/mol. The Bertz CT molecular complexity index is 779. The van der Waals surface area contributed by atoms with Gasteiger partial charge in [0.25, 0.3) is 5.91 Å². The van der Waals surface area contributed by atoms with Crippen LogP contribution in [-0.2, 0) is 4.74 Å². The Morgan fingerprint density at radius 1 is 1.00 bits per heavy atom. The van der Waals surface area contributed by atoms with E-state index in [1.807, 2.05) is 4.90 Å². The van der Waals surface area contributed by atoms with Crippen molar-refractivity contribution in [2.75, 3.05) is 45.8 Å². The zero-order valence-corrected chi connectivity index (χ0v) is 19.6. The molecule has 1 aliphatic carbocycles. The Morgan fingerprint density at radius 3 is 2.38 bits per heavy atom. The predicted octanol–water partition coefficient (Wildman–Crippen LogP) is 4.05. The number of rotatable bonds is 8. The van der Waals surface area contributed by atoms with Gasteiger partial charge in [-0.25, -0.2) is 4.79 Å². The van der Waals surface area contributed by atoms with Crippen molar-refractivity contribution in [3.63, 3.8) is 0 Å². The summed E-state index contributed by atoms with van der Waals surface area (Å²) in [5, 5.41) is 5.64. The van der Waals surface area contributed by atoms with Gasteiger partial charge in [0.15, 0.2) is 11.5 Å². The number of nitrogens with zero attached hydrogens (tertiary/aromatic N) is 1. The fourth-order valence-corrected chi connectivity index (χ4v) is 4.50. The monoisotopic (exact) mass is 447 g/mol. The zero-order valence-electron chi connectivity index (χ0n) is 19.6. The van der Waals surface area contributed by atoms with E-state index in [-0.39, 0.29) is 18.0 Å². The zero-order chi connectivity index (χ0) is 22.9. The molecule has 8 heteroatoms. The normalized spacial score (nSPS) is 21.0. The van der Waals surface area contributed by atoms with Crippen LogP contribution >= 0.6 is 0 Å². The summed E-state index contributed by atoms with van der Waals surface area (Å²) in [6, 6.07) is 2.89. The highest BCUT2D eigenvalue weighted by Crippen LogP contribution is 2.34. The van der Waals surface area contributed by atoms with E-state index >= 15 is 0 Å². The van der Waals surface area contributed by atoms with Gasteiger partial charge >= 0.3 is 6.03 Å². The van der Waals surface area contributed by atoms with Gasteiger partial charge in [0.1, 0.15) is 0 Å². The van der Waals surface area contributed by atoms with Crippen molar-refractivity contribution in [2.45, 2.75) is 58.0 Å². The Balaban J connectivity index is 1.62. The molecule has 3 rings (SSSR count). The molecule has 1 saturated heterocycles. The molecule has 2 aliphatic rings. The lowest BCUT2D eigenvalue weighted by Gasteiger charge is -2.28. The molecule has 0 aromatic heterocycles. The molecule has 1 aromatic rings. The molecular formula is C24H37N3O5. The van der Waals surface area contributed by atoms with Gasteiger partial charge in [0, 0.05) is 25.7 Å². The summed E-state index contributed by atoms with van der Waals surface area (Å²) in [4.78, 5) is 27.6. The van der Waals surface area contributed by atoms with E-state index in [1.54, 1.807) is 12.1 Å². The van der Waals surface area contributed by atoms with E-state index in [0.717, 1.165) is 38.8 Å². The van der Waals surface area contributed by atoms with E-state index in [2.05, 4.69) is 17.6 Å². The molecule has 2 atom stereocenters. The van der Waals surface area contributed by atoms with Crippen molar-refractivity contribution < 1.29 is 23.8 Å². The minimum absolute atomic E-state index is 0.115. The summed E-state index contributed by atoms with van der Waals surface area (Å²) in [6.45, 7) is 4.53. The average Bonchev–Trinajstić information content (AvgIpc) is 2.82. The largest absolute Gasteiger partial charge is 0.493 e. The summed E-state index contributed by atoms with van der Waals surface area (Å²) >= 11 is 0. The van der Waals surface area contributed by atoms with Gasteiger partial charge < -0.3 is 29.7 Å². The van der Waals surface area contributed by atoms with Gasteiger partial charge in [-0.1, -0.05) is 19.8 Å². The number of benzene rings is 1. The van der Waals surface area contributed by atoms with Crippen LogP contribution in [0.4, 0.5) is 10.5 Å². The van der Waals surface area contributed by atoms with Crippen molar-refractivity contribution in [1.82, 2.24) is 10.2 Å².